The fraction of sp³-hybridized carbons (Fsp3) is 0.167. The van der Waals surface area contributed by atoms with E-state index in [-0.39, 0.29) is 0 Å². The molecular weight excluding hydrogens is 224 g/mol. The highest BCUT2D eigenvalue weighted by Crippen LogP contribution is 2.21. The summed E-state index contributed by atoms with van der Waals surface area (Å²) in [6.07, 6.45) is 0. The molecular formula is C12H11Br. The van der Waals surface area contributed by atoms with Crippen LogP contribution in [0.25, 0.3) is 10.8 Å². The first-order valence-electron chi connectivity index (χ1n) is 4.35. The second-order valence-corrected chi connectivity index (χ2v) is 3.84. The molecule has 0 aromatic heterocycles. The molecule has 0 aliphatic carbocycles. The normalized spacial score (nSPS) is 10.6. The lowest BCUT2D eigenvalue weighted by Gasteiger charge is -2.03. The van der Waals surface area contributed by atoms with E-state index in [4.69, 9.17) is 0 Å². The fourth-order valence-electron chi connectivity index (χ4n) is 1.57. The lowest BCUT2D eigenvalue weighted by Crippen LogP contribution is -1.82. The Morgan fingerprint density at radius 3 is 2.77 bits per heavy atom. The van der Waals surface area contributed by atoms with Gasteiger partial charge in [-0.15, -0.1) is 0 Å². The van der Waals surface area contributed by atoms with Gasteiger partial charge in [-0.05, 0) is 23.3 Å². The maximum absolute atomic E-state index is 3.50. The van der Waals surface area contributed by atoms with Crippen molar-refractivity contribution in [2.24, 2.45) is 0 Å². The van der Waals surface area contributed by atoms with Crippen LogP contribution in [0.1, 0.15) is 11.1 Å². The van der Waals surface area contributed by atoms with Gasteiger partial charge in [0.2, 0.25) is 0 Å². The minimum absolute atomic E-state index is 0.924. The molecule has 0 saturated heterocycles. The Labute approximate surface area is 86.7 Å². The predicted octanol–water partition coefficient (Wildman–Crippen LogP) is 4.04. The number of hydrogen-bond donors (Lipinski definition) is 0. The van der Waals surface area contributed by atoms with E-state index in [0.29, 0.717) is 0 Å². The molecule has 2 aromatic rings. The van der Waals surface area contributed by atoms with Crippen molar-refractivity contribution in [2.45, 2.75) is 12.3 Å². The molecule has 0 radical (unpaired) electrons. The number of rotatable bonds is 1. The molecule has 0 nitrogen and oxygen atoms in total. The van der Waals surface area contributed by atoms with Crippen molar-refractivity contribution in [1.82, 2.24) is 0 Å². The van der Waals surface area contributed by atoms with Crippen molar-refractivity contribution in [3.05, 3.63) is 47.5 Å². The molecule has 0 heterocycles. The third-order valence-electron chi connectivity index (χ3n) is 2.27. The largest absolute Gasteiger partial charge is 0.0876 e. The van der Waals surface area contributed by atoms with E-state index >= 15 is 0 Å². The second kappa shape index (κ2) is 3.51. The van der Waals surface area contributed by atoms with E-state index in [2.05, 4.69) is 59.3 Å². The molecule has 0 bridgehead atoms. The van der Waals surface area contributed by atoms with E-state index in [1.54, 1.807) is 0 Å². The summed E-state index contributed by atoms with van der Waals surface area (Å²) in [4.78, 5) is 0. The van der Waals surface area contributed by atoms with Crippen LogP contribution in [0.2, 0.25) is 0 Å². The average Bonchev–Trinajstić information content (AvgIpc) is 2.17. The summed E-state index contributed by atoms with van der Waals surface area (Å²) in [5, 5.41) is 3.61. The predicted molar refractivity (Wildman–Crippen MR) is 61.3 cm³/mol. The van der Waals surface area contributed by atoms with Gasteiger partial charge >= 0.3 is 0 Å². The molecule has 0 aliphatic rings. The Morgan fingerprint density at radius 1 is 1.15 bits per heavy atom. The Hall–Kier alpha value is -0.820. The maximum atomic E-state index is 3.50. The van der Waals surface area contributed by atoms with Crippen molar-refractivity contribution >= 4 is 26.7 Å². The highest BCUT2D eigenvalue weighted by atomic mass is 79.9. The first-order chi connectivity index (χ1) is 6.31. The molecule has 0 unspecified atom stereocenters. The lowest BCUT2D eigenvalue weighted by molar-refractivity contribution is 1.45. The first kappa shape index (κ1) is 8.76. The van der Waals surface area contributed by atoms with Crippen LogP contribution >= 0.6 is 15.9 Å². The molecule has 0 spiro atoms. The van der Waals surface area contributed by atoms with Gasteiger partial charge in [-0.2, -0.15) is 0 Å². The zero-order valence-corrected chi connectivity index (χ0v) is 9.14. The van der Waals surface area contributed by atoms with Gasteiger partial charge in [0.25, 0.3) is 0 Å². The minimum atomic E-state index is 0.924. The molecule has 0 N–H and O–H groups in total. The third kappa shape index (κ3) is 1.61. The van der Waals surface area contributed by atoms with Gasteiger partial charge in [0.1, 0.15) is 0 Å². The van der Waals surface area contributed by atoms with Crippen molar-refractivity contribution in [2.75, 3.05) is 0 Å². The van der Waals surface area contributed by atoms with Crippen molar-refractivity contribution in [3.63, 3.8) is 0 Å². The van der Waals surface area contributed by atoms with Gasteiger partial charge in [0, 0.05) is 5.33 Å². The minimum Gasteiger partial charge on any atom is -0.0876 e. The second-order valence-electron chi connectivity index (χ2n) is 3.28. The zero-order chi connectivity index (χ0) is 9.26. The standard InChI is InChI=1S/C12H11Br/c1-9-5-6-10-3-2-4-11(8-13)12(10)7-9/h2-7H,8H2,1H3. The van der Waals surface area contributed by atoms with E-state index in [1.807, 2.05) is 0 Å². The van der Waals surface area contributed by atoms with Crippen LogP contribution in [-0.4, -0.2) is 0 Å². The van der Waals surface area contributed by atoms with Gasteiger partial charge in [-0.25, -0.2) is 0 Å². The Bertz CT molecular complexity index is 432. The number of aryl methyl sites for hydroxylation is 1. The van der Waals surface area contributed by atoms with Crippen LogP contribution in [-0.2, 0) is 5.33 Å². The van der Waals surface area contributed by atoms with E-state index in [0.717, 1.165) is 5.33 Å². The summed E-state index contributed by atoms with van der Waals surface area (Å²) in [6, 6.07) is 13.0. The molecule has 0 aliphatic heterocycles. The Kier molecular flexibility index (Phi) is 2.36. The lowest BCUT2D eigenvalue weighted by atomic mass is 10.0. The summed E-state index contributed by atoms with van der Waals surface area (Å²) < 4.78 is 0. The molecule has 0 saturated carbocycles. The fourth-order valence-corrected chi connectivity index (χ4v) is 2.06. The van der Waals surface area contributed by atoms with E-state index in [9.17, 15) is 0 Å². The van der Waals surface area contributed by atoms with Gasteiger partial charge in [0.15, 0.2) is 0 Å². The van der Waals surface area contributed by atoms with Gasteiger partial charge in [-0.3, -0.25) is 0 Å². The quantitative estimate of drug-likeness (QED) is 0.654. The van der Waals surface area contributed by atoms with Gasteiger partial charge in [-0.1, -0.05) is 57.9 Å². The van der Waals surface area contributed by atoms with Gasteiger partial charge in [0.05, 0.1) is 0 Å². The highest BCUT2D eigenvalue weighted by Gasteiger charge is 1.98. The SMILES string of the molecule is Cc1ccc2cccc(CBr)c2c1. The van der Waals surface area contributed by atoms with Crippen LogP contribution in [0.5, 0.6) is 0 Å². The zero-order valence-electron chi connectivity index (χ0n) is 7.55. The molecule has 2 aromatic carbocycles. The first-order valence-corrected chi connectivity index (χ1v) is 5.47. The van der Waals surface area contributed by atoms with E-state index < -0.39 is 0 Å². The van der Waals surface area contributed by atoms with E-state index in [1.165, 1.54) is 21.9 Å². The van der Waals surface area contributed by atoms with Crippen LogP contribution in [0.4, 0.5) is 0 Å². The molecule has 66 valence electrons. The molecule has 0 amide bonds. The molecule has 13 heavy (non-hydrogen) atoms. The smallest absolute Gasteiger partial charge is 0.0289 e. The Balaban J connectivity index is 2.79. The van der Waals surface area contributed by atoms with Crippen molar-refractivity contribution < 1.29 is 0 Å². The van der Waals surface area contributed by atoms with Gasteiger partial charge < -0.3 is 0 Å². The Morgan fingerprint density at radius 2 is 2.00 bits per heavy atom. The summed E-state index contributed by atoms with van der Waals surface area (Å²) in [6.45, 7) is 2.13. The summed E-state index contributed by atoms with van der Waals surface area (Å²) in [5.41, 5.74) is 2.68. The van der Waals surface area contributed by atoms with Crippen LogP contribution in [0.3, 0.4) is 0 Å². The van der Waals surface area contributed by atoms with Crippen LogP contribution < -0.4 is 0 Å². The average molecular weight is 235 g/mol. The maximum Gasteiger partial charge on any atom is 0.0289 e. The number of alkyl halides is 1. The van der Waals surface area contributed by atoms with Crippen molar-refractivity contribution in [1.29, 1.82) is 0 Å². The third-order valence-corrected chi connectivity index (χ3v) is 2.88. The monoisotopic (exact) mass is 234 g/mol. The highest BCUT2D eigenvalue weighted by molar-refractivity contribution is 9.08. The summed E-state index contributed by atoms with van der Waals surface area (Å²) in [7, 11) is 0. The molecule has 1 heteroatoms. The molecule has 2 rings (SSSR count). The number of halogens is 1. The van der Waals surface area contributed by atoms with Crippen LogP contribution in [0, 0.1) is 6.92 Å². The number of hydrogen-bond acceptors (Lipinski definition) is 0. The summed E-state index contributed by atoms with van der Waals surface area (Å²) >= 11 is 3.50. The topological polar surface area (TPSA) is 0 Å². The molecule has 0 fully saturated rings. The summed E-state index contributed by atoms with van der Waals surface area (Å²) in [5.74, 6) is 0. The molecule has 0 atom stereocenters. The number of benzene rings is 2. The van der Waals surface area contributed by atoms with Crippen LogP contribution in [0.15, 0.2) is 36.4 Å². The number of fused-ring (bicyclic) bond motifs is 1. The van der Waals surface area contributed by atoms with Crippen molar-refractivity contribution in [3.8, 4) is 0 Å².